The van der Waals surface area contributed by atoms with Crippen LogP contribution in [0.15, 0.2) is 24.4 Å². The molecule has 0 radical (unpaired) electrons. The van der Waals surface area contributed by atoms with Gasteiger partial charge in [0.1, 0.15) is 17.5 Å². The van der Waals surface area contributed by atoms with Crippen LogP contribution < -0.4 is 4.74 Å². The Hall–Kier alpha value is -2.24. The summed E-state index contributed by atoms with van der Waals surface area (Å²) in [6, 6.07) is 5.84. The zero-order valence-corrected chi connectivity index (χ0v) is 13.8. The minimum atomic E-state index is -0.475. The quantitative estimate of drug-likeness (QED) is 0.922. The zero-order valence-electron chi connectivity index (χ0n) is 13.8. The predicted molar refractivity (Wildman–Crippen MR) is 87.6 cm³/mol. The molecule has 6 heteroatoms. The number of hydrogen-bond donors (Lipinski definition) is 1. The molecule has 0 saturated carbocycles. The molecular formula is C17H23N3O3. The van der Waals surface area contributed by atoms with E-state index >= 15 is 0 Å². The Kier molecular flexibility index (Phi) is 4.15. The lowest BCUT2D eigenvalue weighted by molar-refractivity contribution is 0.00777. The number of benzene rings is 1. The lowest BCUT2D eigenvalue weighted by atomic mass is 10.1. The van der Waals surface area contributed by atoms with Gasteiger partial charge < -0.3 is 14.4 Å². The lowest BCUT2D eigenvalue weighted by Gasteiger charge is -2.34. The summed E-state index contributed by atoms with van der Waals surface area (Å²) in [4.78, 5) is 13.9. The van der Waals surface area contributed by atoms with Gasteiger partial charge in [-0.25, -0.2) is 4.79 Å². The highest BCUT2D eigenvalue weighted by Crippen LogP contribution is 2.23. The van der Waals surface area contributed by atoms with Gasteiger partial charge in [-0.3, -0.25) is 5.10 Å². The molecule has 1 fully saturated rings. The van der Waals surface area contributed by atoms with E-state index in [-0.39, 0.29) is 12.2 Å². The summed E-state index contributed by atoms with van der Waals surface area (Å²) in [5, 5.41) is 7.94. The number of H-pyrrole nitrogens is 1. The Balaban J connectivity index is 1.63. The molecule has 1 amide bonds. The number of aromatic amines is 1. The predicted octanol–water partition coefficient (Wildman–Crippen LogP) is 3.34. The van der Waals surface area contributed by atoms with Gasteiger partial charge in [0.2, 0.25) is 0 Å². The summed E-state index contributed by atoms with van der Waals surface area (Å²) in [5.74, 6) is 0.801. The molecular weight excluding hydrogens is 294 g/mol. The molecule has 1 saturated heterocycles. The van der Waals surface area contributed by atoms with E-state index in [9.17, 15) is 4.79 Å². The van der Waals surface area contributed by atoms with Crippen molar-refractivity contribution in [2.45, 2.75) is 45.3 Å². The van der Waals surface area contributed by atoms with Crippen molar-refractivity contribution in [2.24, 2.45) is 0 Å². The Morgan fingerprint density at radius 1 is 1.39 bits per heavy atom. The number of rotatable bonds is 2. The van der Waals surface area contributed by atoms with E-state index in [1.807, 2.05) is 39.0 Å². The third-order valence-corrected chi connectivity index (χ3v) is 3.74. The second kappa shape index (κ2) is 6.10. The van der Waals surface area contributed by atoms with Gasteiger partial charge in [0.15, 0.2) is 0 Å². The number of ether oxygens (including phenoxy) is 2. The monoisotopic (exact) mass is 317 g/mol. The molecule has 6 nitrogen and oxygen atoms in total. The van der Waals surface area contributed by atoms with Crippen molar-refractivity contribution in [1.82, 2.24) is 15.1 Å². The van der Waals surface area contributed by atoms with Crippen LogP contribution in [0.4, 0.5) is 4.79 Å². The highest BCUT2D eigenvalue weighted by molar-refractivity contribution is 5.79. The molecule has 2 aromatic rings. The van der Waals surface area contributed by atoms with Gasteiger partial charge in [0.25, 0.3) is 0 Å². The number of carbonyl (C=O) groups excluding carboxylic acids is 1. The maximum absolute atomic E-state index is 12.2. The molecule has 124 valence electrons. The molecule has 23 heavy (non-hydrogen) atoms. The molecule has 2 heterocycles. The number of nitrogens with one attached hydrogen (secondary N) is 1. The van der Waals surface area contributed by atoms with Crippen molar-refractivity contribution in [3.8, 4) is 5.75 Å². The largest absolute Gasteiger partial charge is 0.489 e. The van der Waals surface area contributed by atoms with Crippen LogP contribution in [0.1, 0.15) is 33.6 Å². The van der Waals surface area contributed by atoms with Crippen molar-refractivity contribution < 1.29 is 14.3 Å². The second-order valence-corrected chi connectivity index (χ2v) is 6.93. The van der Waals surface area contributed by atoms with Gasteiger partial charge >= 0.3 is 6.09 Å². The van der Waals surface area contributed by atoms with Crippen LogP contribution in [0.2, 0.25) is 0 Å². The number of nitrogens with zero attached hydrogens (tertiary/aromatic N) is 2. The van der Waals surface area contributed by atoms with Gasteiger partial charge in [-0.15, -0.1) is 0 Å². The number of fused-ring (bicyclic) bond motifs is 1. The second-order valence-electron chi connectivity index (χ2n) is 6.93. The van der Waals surface area contributed by atoms with Gasteiger partial charge in [-0.1, -0.05) is 0 Å². The van der Waals surface area contributed by atoms with Crippen molar-refractivity contribution in [3.05, 3.63) is 24.4 Å². The number of piperidine rings is 1. The van der Waals surface area contributed by atoms with Gasteiger partial charge in [-0.2, -0.15) is 5.10 Å². The molecule has 1 aromatic carbocycles. The fourth-order valence-electron chi connectivity index (χ4n) is 2.71. The first-order chi connectivity index (χ1) is 10.9. The van der Waals surface area contributed by atoms with Crippen LogP contribution in [0.3, 0.4) is 0 Å². The first kappa shape index (κ1) is 15.6. The summed E-state index contributed by atoms with van der Waals surface area (Å²) >= 11 is 0. The maximum Gasteiger partial charge on any atom is 0.410 e. The van der Waals surface area contributed by atoms with Crippen LogP contribution in [0.25, 0.3) is 10.9 Å². The summed E-state index contributed by atoms with van der Waals surface area (Å²) in [6.07, 6.45) is 3.34. The summed E-state index contributed by atoms with van der Waals surface area (Å²) < 4.78 is 11.5. The molecule has 0 spiro atoms. The molecule has 1 atom stereocenters. The van der Waals surface area contributed by atoms with Crippen molar-refractivity contribution in [3.63, 3.8) is 0 Å². The topological polar surface area (TPSA) is 67.4 Å². The normalized spacial score (nSPS) is 18.9. The summed E-state index contributed by atoms with van der Waals surface area (Å²) in [5.41, 5.74) is 0.508. The Morgan fingerprint density at radius 2 is 2.22 bits per heavy atom. The zero-order chi connectivity index (χ0) is 16.4. The third-order valence-electron chi connectivity index (χ3n) is 3.74. The molecule has 1 N–H and O–H groups in total. The van der Waals surface area contributed by atoms with Crippen molar-refractivity contribution >= 4 is 17.0 Å². The summed E-state index contributed by atoms with van der Waals surface area (Å²) in [7, 11) is 0. The number of carbonyl (C=O) groups is 1. The van der Waals surface area contributed by atoms with Crippen molar-refractivity contribution in [1.29, 1.82) is 0 Å². The standard InChI is InChI=1S/C17H23N3O3/c1-17(2,3)23-16(21)20-8-4-5-14(11-20)22-13-6-7-15-12(9-13)10-18-19-15/h6-7,9-10,14H,4-5,8,11H2,1-3H3,(H,18,19)/t14-/m0/s1. The SMILES string of the molecule is CC(C)(C)OC(=O)N1CCC[C@H](Oc2ccc3[nH]ncc3c2)C1. The fourth-order valence-corrected chi connectivity index (χ4v) is 2.71. The van der Waals surface area contributed by atoms with E-state index in [4.69, 9.17) is 9.47 Å². The molecule has 3 rings (SSSR count). The molecule has 0 unspecified atom stereocenters. The first-order valence-electron chi connectivity index (χ1n) is 7.98. The molecule has 0 aliphatic carbocycles. The average Bonchev–Trinajstić information content (AvgIpc) is 2.93. The van der Waals surface area contributed by atoms with Crippen LogP contribution in [0.5, 0.6) is 5.75 Å². The summed E-state index contributed by atoms with van der Waals surface area (Å²) in [6.45, 7) is 6.91. The molecule has 1 aliphatic rings. The van der Waals surface area contributed by atoms with E-state index < -0.39 is 5.60 Å². The molecule has 1 aromatic heterocycles. The van der Waals surface area contributed by atoms with Gasteiger partial charge in [0.05, 0.1) is 18.3 Å². The maximum atomic E-state index is 12.2. The highest BCUT2D eigenvalue weighted by atomic mass is 16.6. The van der Waals surface area contributed by atoms with Gasteiger partial charge in [0, 0.05) is 11.9 Å². The minimum Gasteiger partial charge on any atom is -0.489 e. The minimum absolute atomic E-state index is 0.0133. The van der Waals surface area contributed by atoms with Crippen molar-refractivity contribution in [2.75, 3.05) is 13.1 Å². The molecule has 1 aliphatic heterocycles. The number of aromatic nitrogens is 2. The number of amides is 1. The third kappa shape index (κ3) is 3.94. The van der Waals surface area contributed by atoms with E-state index in [1.165, 1.54) is 0 Å². The van der Waals surface area contributed by atoms with Crippen LogP contribution >= 0.6 is 0 Å². The van der Waals surface area contributed by atoms with Gasteiger partial charge in [-0.05, 0) is 51.8 Å². The fraction of sp³-hybridized carbons (Fsp3) is 0.529. The highest BCUT2D eigenvalue weighted by Gasteiger charge is 2.28. The lowest BCUT2D eigenvalue weighted by Crippen LogP contribution is -2.46. The Morgan fingerprint density at radius 3 is 3.00 bits per heavy atom. The number of likely N-dealkylation sites (tertiary alicyclic amines) is 1. The van der Waals surface area contributed by atoms with Crippen LogP contribution in [0, 0.1) is 0 Å². The average molecular weight is 317 g/mol. The van der Waals surface area contributed by atoms with E-state index in [0.717, 1.165) is 36.0 Å². The Bertz CT molecular complexity index is 690. The first-order valence-corrected chi connectivity index (χ1v) is 7.98. The van der Waals surface area contributed by atoms with E-state index in [0.29, 0.717) is 6.54 Å². The van der Waals surface area contributed by atoms with Crippen LogP contribution in [-0.4, -0.2) is 46.0 Å². The number of hydrogen-bond acceptors (Lipinski definition) is 4. The van der Waals surface area contributed by atoms with Crippen LogP contribution in [-0.2, 0) is 4.74 Å². The Labute approximate surface area is 135 Å². The molecule has 0 bridgehead atoms. The van der Waals surface area contributed by atoms with E-state index in [2.05, 4.69) is 10.2 Å². The van der Waals surface area contributed by atoms with E-state index in [1.54, 1.807) is 11.1 Å². The smallest absolute Gasteiger partial charge is 0.410 e.